The number of nitrogens with zero attached hydrogens (tertiary/aromatic N) is 1. The second kappa shape index (κ2) is 5.92. The van der Waals surface area contributed by atoms with Crippen LogP contribution in [0.2, 0.25) is 0 Å². The van der Waals surface area contributed by atoms with Gasteiger partial charge >= 0.3 is 11.9 Å². The van der Waals surface area contributed by atoms with Crippen LogP contribution in [-0.2, 0) is 10.0 Å². The van der Waals surface area contributed by atoms with Crippen LogP contribution in [0.25, 0.3) is 11.1 Å². The van der Waals surface area contributed by atoms with Crippen molar-refractivity contribution in [1.29, 1.82) is 0 Å². The Kier molecular flexibility index (Phi) is 4.20. The molecule has 2 aromatic rings. The predicted molar refractivity (Wildman–Crippen MR) is 79.0 cm³/mol. The number of sulfonamides is 1. The van der Waals surface area contributed by atoms with Crippen molar-refractivity contribution in [3.8, 4) is 0 Å². The van der Waals surface area contributed by atoms with E-state index in [4.69, 9.17) is 4.42 Å². The molecular formula is C14H15F3N2O4S. The average molecular weight is 364 g/mol. The molecule has 0 radical (unpaired) electrons. The third kappa shape index (κ3) is 3.34. The summed E-state index contributed by atoms with van der Waals surface area (Å²) >= 11 is 0. The van der Waals surface area contributed by atoms with Gasteiger partial charge in [-0.05, 0) is 25.0 Å². The highest BCUT2D eigenvalue weighted by Crippen LogP contribution is 2.32. The number of rotatable bonds is 5. The van der Waals surface area contributed by atoms with Crippen molar-refractivity contribution in [2.75, 3.05) is 6.54 Å². The van der Waals surface area contributed by atoms with E-state index in [1.165, 1.54) is 12.1 Å². The highest BCUT2D eigenvalue weighted by molar-refractivity contribution is 7.89. The number of benzene rings is 1. The molecule has 132 valence electrons. The molecule has 0 unspecified atom stereocenters. The van der Waals surface area contributed by atoms with Crippen LogP contribution < -0.4 is 5.76 Å². The van der Waals surface area contributed by atoms with Gasteiger partial charge < -0.3 is 4.42 Å². The number of nitrogens with one attached hydrogen (secondary N) is 1. The van der Waals surface area contributed by atoms with Crippen LogP contribution in [0.5, 0.6) is 0 Å². The average Bonchev–Trinajstić information content (AvgIpc) is 2.78. The molecule has 1 heterocycles. The molecule has 0 atom stereocenters. The third-order valence-electron chi connectivity index (χ3n) is 4.10. The number of H-pyrrole nitrogens is 1. The van der Waals surface area contributed by atoms with Crippen molar-refractivity contribution in [2.24, 2.45) is 0 Å². The maximum absolute atomic E-state index is 12.8. The van der Waals surface area contributed by atoms with E-state index in [-0.39, 0.29) is 10.5 Å². The summed E-state index contributed by atoms with van der Waals surface area (Å²) in [6, 6.07) is 3.34. The van der Waals surface area contributed by atoms with Gasteiger partial charge in [0.2, 0.25) is 10.0 Å². The Labute approximate surface area is 135 Å². The van der Waals surface area contributed by atoms with Crippen molar-refractivity contribution in [3.05, 3.63) is 28.7 Å². The highest BCUT2D eigenvalue weighted by Gasteiger charge is 2.38. The third-order valence-corrected chi connectivity index (χ3v) is 6.04. The van der Waals surface area contributed by atoms with Gasteiger partial charge in [-0.25, -0.2) is 13.2 Å². The van der Waals surface area contributed by atoms with Gasteiger partial charge in [0.25, 0.3) is 0 Å². The molecule has 1 aliphatic rings. The number of oxazole rings is 1. The Hall–Kier alpha value is -1.81. The Balaban J connectivity index is 1.95. The number of fused-ring (bicyclic) bond motifs is 1. The smallest absolute Gasteiger partial charge is 0.408 e. The van der Waals surface area contributed by atoms with Crippen LogP contribution in [-0.4, -0.2) is 36.5 Å². The van der Waals surface area contributed by atoms with Crippen LogP contribution in [0.3, 0.4) is 0 Å². The minimum absolute atomic E-state index is 0.0467. The molecule has 24 heavy (non-hydrogen) atoms. The molecule has 1 aliphatic carbocycles. The van der Waals surface area contributed by atoms with Gasteiger partial charge in [-0.3, -0.25) is 4.98 Å². The largest absolute Gasteiger partial charge is 0.417 e. The monoisotopic (exact) mass is 364 g/mol. The molecule has 10 heteroatoms. The van der Waals surface area contributed by atoms with Crippen LogP contribution in [0.4, 0.5) is 13.2 Å². The Bertz CT molecular complexity index is 897. The van der Waals surface area contributed by atoms with Crippen molar-refractivity contribution in [3.63, 3.8) is 0 Å². The fourth-order valence-electron chi connectivity index (χ4n) is 2.63. The van der Waals surface area contributed by atoms with Crippen molar-refractivity contribution < 1.29 is 26.0 Å². The number of aromatic nitrogens is 1. The van der Waals surface area contributed by atoms with E-state index < -0.39 is 41.0 Å². The molecule has 1 fully saturated rings. The molecule has 6 nitrogen and oxygen atoms in total. The number of alkyl halides is 3. The first-order chi connectivity index (χ1) is 11.2. The van der Waals surface area contributed by atoms with E-state index in [0.717, 1.165) is 16.8 Å². The zero-order valence-electron chi connectivity index (χ0n) is 12.5. The first-order valence-corrected chi connectivity index (χ1v) is 8.82. The van der Waals surface area contributed by atoms with Crippen LogP contribution in [0, 0.1) is 0 Å². The second-order valence-electron chi connectivity index (χ2n) is 5.74. The van der Waals surface area contributed by atoms with Crippen LogP contribution >= 0.6 is 0 Å². The maximum atomic E-state index is 12.8. The van der Waals surface area contributed by atoms with Gasteiger partial charge in [-0.2, -0.15) is 17.5 Å². The van der Waals surface area contributed by atoms with E-state index in [0.29, 0.717) is 18.4 Å². The second-order valence-corrected chi connectivity index (χ2v) is 7.63. The lowest BCUT2D eigenvalue weighted by atomic mass is 9.93. The number of halogens is 3. The first-order valence-electron chi connectivity index (χ1n) is 7.38. The van der Waals surface area contributed by atoms with Crippen molar-refractivity contribution in [2.45, 2.75) is 42.8 Å². The lowest BCUT2D eigenvalue weighted by molar-refractivity contribution is -0.136. The normalized spacial score (nSPS) is 16.7. The zero-order chi connectivity index (χ0) is 17.5. The summed E-state index contributed by atoms with van der Waals surface area (Å²) in [4.78, 5) is 13.3. The summed E-state index contributed by atoms with van der Waals surface area (Å²) < 4.78 is 68.8. The van der Waals surface area contributed by atoms with Gasteiger partial charge in [0, 0.05) is 18.7 Å². The minimum Gasteiger partial charge on any atom is -0.408 e. The van der Waals surface area contributed by atoms with Gasteiger partial charge in [-0.15, -0.1) is 0 Å². The number of hydrogen-bond acceptors (Lipinski definition) is 4. The van der Waals surface area contributed by atoms with Gasteiger partial charge in [0.05, 0.1) is 16.8 Å². The summed E-state index contributed by atoms with van der Waals surface area (Å²) in [7, 11) is -4.11. The van der Waals surface area contributed by atoms with Gasteiger partial charge in [-0.1, -0.05) is 6.42 Å². The first kappa shape index (κ1) is 17.0. The van der Waals surface area contributed by atoms with Crippen molar-refractivity contribution >= 4 is 21.1 Å². The molecular weight excluding hydrogens is 349 g/mol. The van der Waals surface area contributed by atoms with E-state index in [1.54, 1.807) is 0 Å². The van der Waals surface area contributed by atoms with E-state index in [2.05, 4.69) is 4.98 Å². The molecule has 1 aromatic carbocycles. The fraction of sp³-hybridized carbons (Fsp3) is 0.500. The topological polar surface area (TPSA) is 83.4 Å². The summed E-state index contributed by atoms with van der Waals surface area (Å²) in [6.45, 7) is -0.619. The minimum atomic E-state index is -4.44. The fourth-order valence-corrected chi connectivity index (χ4v) is 4.33. The Morgan fingerprint density at radius 1 is 1.29 bits per heavy atom. The predicted octanol–water partition coefficient (Wildman–Crippen LogP) is 2.62. The zero-order valence-corrected chi connectivity index (χ0v) is 13.3. The molecule has 0 saturated heterocycles. The van der Waals surface area contributed by atoms with Crippen LogP contribution in [0.15, 0.2) is 32.3 Å². The molecule has 3 rings (SSSR count). The molecule has 1 N–H and O–H groups in total. The molecule has 1 saturated carbocycles. The number of hydrogen-bond donors (Lipinski definition) is 1. The lowest BCUT2D eigenvalue weighted by Gasteiger charge is -2.36. The summed E-state index contributed by atoms with van der Waals surface area (Å²) in [5, 5.41) is 0. The maximum Gasteiger partial charge on any atom is 0.417 e. The molecule has 0 aliphatic heterocycles. The Morgan fingerprint density at radius 2 is 2.00 bits per heavy atom. The Morgan fingerprint density at radius 3 is 2.58 bits per heavy atom. The van der Waals surface area contributed by atoms with Gasteiger partial charge in [0.15, 0.2) is 5.58 Å². The van der Waals surface area contributed by atoms with Crippen molar-refractivity contribution in [1.82, 2.24) is 9.29 Å². The highest BCUT2D eigenvalue weighted by atomic mass is 32.2. The summed E-state index contributed by atoms with van der Waals surface area (Å²) in [6.07, 6.45) is -3.77. The SMILES string of the molecule is O=c1[nH]c2ccc(S(=O)(=O)N(CCC(F)(F)F)C3CCC3)cc2o1. The molecule has 0 amide bonds. The number of aromatic amines is 1. The molecule has 1 aromatic heterocycles. The quantitative estimate of drug-likeness (QED) is 0.884. The molecule has 0 spiro atoms. The van der Waals surface area contributed by atoms with E-state index in [9.17, 15) is 26.4 Å². The standard InChI is InChI=1S/C14H15F3N2O4S/c15-14(16,17)6-7-19(9-2-1-3-9)24(21,22)10-4-5-11-12(8-10)23-13(20)18-11/h4-5,8-9H,1-3,6-7H2,(H,18,20). The summed E-state index contributed by atoms with van der Waals surface area (Å²) in [5.41, 5.74) is 0.370. The lowest BCUT2D eigenvalue weighted by Crippen LogP contribution is -2.45. The molecule has 0 bridgehead atoms. The van der Waals surface area contributed by atoms with Crippen LogP contribution in [0.1, 0.15) is 25.7 Å². The van der Waals surface area contributed by atoms with E-state index >= 15 is 0 Å². The van der Waals surface area contributed by atoms with Gasteiger partial charge in [0.1, 0.15) is 0 Å². The van der Waals surface area contributed by atoms with E-state index in [1.807, 2.05) is 0 Å². The summed E-state index contributed by atoms with van der Waals surface area (Å²) in [5.74, 6) is -0.729.